The van der Waals surface area contributed by atoms with Crippen LogP contribution in [-0.2, 0) is 12.8 Å². The summed E-state index contributed by atoms with van der Waals surface area (Å²) >= 11 is 5.87. The lowest BCUT2D eigenvalue weighted by Gasteiger charge is -2.09. The Labute approximate surface area is 165 Å². The highest BCUT2D eigenvalue weighted by molar-refractivity contribution is 6.30. The molecule has 0 aliphatic heterocycles. The van der Waals surface area contributed by atoms with Crippen LogP contribution in [0.5, 0.6) is 5.75 Å². The molecule has 0 unspecified atom stereocenters. The second-order valence-corrected chi connectivity index (χ2v) is 6.33. The Hall–Kier alpha value is -2.99. The summed E-state index contributed by atoms with van der Waals surface area (Å²) in [7, 11) is 0. The van der Waals surface area contributed by atoms with E-state index in [2.05, 4.69) is 10.5 Å². The average Bonchev–Trinajstić information content (AvgIpc) is 2.68. The number of nitrogens with zero attached hydrogens (tertiary/aromatic N) is 1. The smallest absolute Gasteiger partial charge is 0.416 e. The number of hydrogen-bond donors (Lipinski definition) is 1. The summed E-state index contributed by atoms with van der Waals surface area (Å²) in [5.41, 5.74) is 4.16. The number of alkyl halides is 3. The highest BCUT2D eigenvalue weighted by Crippen LogP contribution is 2.29. The van der Waals surface area contributed by atoms with Crippen LogP contribution in [0.4, 0.5) is 18.9 Å². The highest BCUT2D eigenvalue weighted by Gasteiger charge is 2.29. The predicted octanol–water partition coefficient (Wildman–Crippen LogP) is 6.38. The van der Waals surface area contributed by atoms with Gasteiger partial charge in [0, 0.05) is 10.6 Å². The average molecular weight is 405 g/mol. The molecule has 3 aromatic rings. The van der Waals surface area contributed by atoms with E-state index in [0.29, 0.717) is 23.1 Å². The number of nitrogens with one attached hydrogen (secondary N) is 1. The predicted molar refractivity (Wildman–Crippen MR) is 105 cm³/mol. The Morgan fingerprint density at radius 2 is 1.61 bits per heavy atom. The van der Waals surface area contributed by atoms with Crippen molar-refractivity contribution in [1.29, 1.82) is 0 Å². The first kappa shape index (κ1) is 19.8. The molecule has 0 aromatic heterocycles. The van der Waals surface area contributed by atoms with Gasteiger partial charge in [-0.25, -0.2) is 0 Å². The van der Waals surface area contributed by atoms with Crippen molar-refractivity contribution in [2.45, 2.75) is 12.8 Å². The van der Waals surface area contributed by atoms with Gasteiger partial charge in [-0.3, -0.25) is 5.43 Å². The first-order valence-electron chi connectivity index (χ1n) is 8.34. The second kappa shape index (κ2) is 8.80. The van der Waals surface area contributed by atoms with Crippen molar-refractivity contribution in [2.24, 2.45) is 5.10 Å². The van der Waals surface area contributed by atoms with Gasteiger partial charge in [-0.2, -0.15) is 18.3 Å². The first-order chi connectivity index (χ1) is 13.4. The number of ether oxygens (including phenoxy) is 1. The topological polar surface area (TPSA) is 33.6 Å². The number of benzene rings is 3. The molecule has 0 atom stereocenters. The standard InChI is InChI=1S/C21H16ClF3N2O/c22-18-9-5-15(6-10-18)14-28-20-4-2-1-3-16(20)13-26-27-19-11-7-17(8-12-19)21(23,24)25/h1-13,27H,14H2. The SMILES string of the molecule is FC(F)(F)c1ccc(NN=Cc2ccccc2OCc2ccc(Cl)cc2)cc1. The summed E-state index contributed by atoms with van der Waals surface area (Å²) in [6, 6.07) is 19.3. The fourth-order valence-corrected chi connectivity index (χ4v) is 2.50. The molecule has 0 aliphatic carbocycles. The molecular formula is C21H16ClF3N2O. The van der Waals surface area contributed by atoms with Crippen molar-refractivity contribution in [3.05, 3.63) is 94.5 Å². The Morgan fingerprint density at radius 3 is 2.29 bits per heavy atom. The van der Waals surface area contributed by atoms with Crippen LogP contribution in [0.2, 0.25) is 5.02 Å². The molecule has 3 rings (SSSR count). The van der Waals surface area contributed by atoms with Gasteiger partial charge < -0.3 is 4.74 Å². The molecule has 1 N–H and O–H groups in total. The van der Waals surface area contributed by atoms with E-state index in [1.807, 2.05) is 36.4 Å². The third-order valence-corrected chi connectivity index (χ3v) is 4.09. The summed E-state index contributed by atoms with van der Waals surface area (Å²) in [5.74, 6) is 0.635. The third kappa shape index (κ3) is 5.50. The molecule has 0 heterocycles. The fraction of sp³-hybridized carbons (Fsp3) is 0.0952. The molecule has 28 heavy (non-hydrogen) atoms. The molecule has 7 heteroatoms. The number of para-hydroxylation sites is 1. The van der Waals surface area contributed by atoms with Crippen LogP contribution in [0.1, 0.15) is 16.7 Å². The molecular weight excluding hydrogens is 389 g/mol. The summed E-state index contributed by atoms with van der Waals surface area (Å²) < 4.78 is 43.6. The number of hydrazone groups is 1. The largest absolute Gasteiger partial charge is 0.488 e. The molecule has 0 bridgehead atoms. The van der Waals surface area contributed by atoms with Gasteiger partial charge in [0.2, 0.25) is 0 Å². The van der Waals surface area contributed by atoms with Crippen LogP contribution in [0.25, 0.3) is 0 Å². The second-order valence-electron chi connectivity index (χ2n) is 5.90. The van der Waals surface area contributed by atoms with Gasteiger partial charge in [0.25, 0.3) is 0 Å². The Balaban J connectivity index is 1.63. The van der Waals surface area contributed by atoms with E-state index < -0.39 is 11.7 Å². The minimum Gasteiger partial charge on any atom is -0.488 e. The molecule has 0 aliphatic rings. The van der Waals surface area contributed by atoms with E-state index >= 15 is 0 Å². The van der Waals surface area contributed by atoms with Crippen molar-refractivity contribution < 1.29 is 17.9 Å². The van der Waals surface area contributed by atoms with Crippen LogP contribution in [0.15, 0.2) is 77.9 Å². The van der Waals surface area contributed by atoms with Crippen molar-refractivity contribution in [2.75, 3.05) is 5.43 Å². The van der Waals surface area contributed by atoms with Crippen molar-refractivity contribution >= 4 is 23.5 Å². The number of anilines is 1. The first-order valence-corrected chi connectivity index (χ1v) is 8.72. The zero-order valence-corrected chi connectivity index (χ0v) is 15.3. The van der Waals surface area contributed by atoms with E-state index in [9.17, 15) is 13.2 Å². The van der Waals surface area contributed by atoms with Gasteiger partial charge in [-0.1, -0.05) is 35.9 Å². The molecule has 0 saturated carbocycles. The van der Waals surface area contributed by atoms with Gasteiger partial charge in [0.05, 0.1) is 17.5 Å². The van der Waals surface area contributed by atoms with E-state index in [0.717, 1.165) is 23.3 Å². The van der Waals surface area contributed by atoms with E-state index in [-0.39, 0.29) is 0 Å². The molecule has 0 saturated heterocycles. The fourth-order valence-electron chi connectivity index (χ4n) is 2.37. The van der Waals surface area contributed by atoms with Crippen LogP contribution in [0.3, 0.4) is 0 Å². The van der Waals surface area contributed by atoms with Crippen molar-refractivity contribution in [3.8, 4) is 5.75 Å². The molecule has 0 fully saturated rings. The molecule has 0 radical (unpaired) electrons. The maximum Gasteiger partial charge on any atom is 0.416 e. The maximum absolute atomic E-state index is 12.6. The maximum atomic E-state index is 12.6. The molecule has 3 aromatic carbocycles. The molecule has 0 amide bonds. The Bertz CT molecular complexity index is 939. The Kier molecular flexibility index (Phi) is 6.21. The summed E-state index contributed by atoms with van der Waals surface area (Å²) in [6.45, 7) is 0.369. The monoisotopic (exact) mass is 404 g/mol. The van der Waals surface area contributed by atoms with Gasteiger partial charge in [-0.15, -0.1) is 0 Å². The minimum atomic E-state index is -4.36. The lowest BCUT2D eigenvalue weighted by Crippen LogP contribution is -2.04. The minimum absolute atomic E-state index is 0.369. The van der Waals surface area contributed by atoms with Crippen molar-refractivity contribution in [1.82, 2.24) is 0 Å². The van der Waals surface area contributed by atoms with E-state index in [1.165, 1.54) is 12.1 Å². The Morgan fingerprint density at radius 1 is 0.929 bits per heavy atom. The van der Waals surface area contributed by atoms with Crippen LogP contribution in [0, 0.1) is 0 Å². The molecule has 144 valence electrons. The van der Waals surface area contributed by atoms with E-state index in [1.54, 1.807) is 18.3 Å². The molecule has 3 nitrogen and oxygen atoms in total. The van der Waals surface area contributed by atoms with Crippen molar-refractivity contribution in [3.63, 3.8) is 0 Å². The molecule has 0 spiro atoms. The zero-order valence-electron chi connectivity index (χ0n) is 14.6. The van der Waals surface area contributed by atoms with Gasteiger partial charge in [0.15, 0.2) is 0 Å². The van der Waals surface area contributed by atoms with Gasteiger partial charge >= 0.3 is 6.18 Å². The van der Waals surface area contributed by atoms with Gasteiger partial charge in [0.1, 0.15) is 12.4 Å². The van der Waals surface area contributed by atoms with Crippen LogP contribution in [-0.4, -0.2) is 6.21 Å². The normalized spacial score (nSPS) is 11.6. The zero-order chi connectivity index (χ0) is 20.0. The quantitative estimate of drug-likeness (QED) is 0.382. The number of rotatable bonds is 6. The summed E-state index contributed by atoms with van der Waals surface area (Å²) in [5, 5.41) is 4.74. The number of hydrogen-bond acceptors (Lipinski definition) is 3. The van der Waals surface area contributed by atoms with Crippen LogP contribution < -0.4 is 10.2 Å². The van der Waals surface area contributed by atoms with Crippen LogP contribution >= 0.6 is 11.6 Å². The highest BCUT2D eigenvalue weighted by atomic mass is 35.5. The van der Waals surface area contributed by atoms with E-state index in [4.69, 9.17) is 16.3 Å². The van der Waals surface area contributed by atoms with Gasteiger partial charge in [-0.05, 0) is 54.1 Å². The summed E-state index contributed by atoms with van der Waals surface area (Å²) in [6.07, 6.45) is -2.81. The lowest BCUT2D eigenvalue weighted by molar-refractivity contribution is -0.137. The number of halogens is 4. The lowest BCUT2D eigenvalue weighted by atomic mass is 10.2. The third-order valence-electron chi connectivity index (χ3n) is 3.84. The summed E-state index contributed by atoms with van der Waals surface area (Å²) in [4.78, 5) is 0.